The Morgan fingerprint density at radius 1 is 1.30 bits per heavy atom. The van der Waals surface area contributed by atoms with E-state index in [0.717, 1.165) is 0 Å². The van der Waals surface area contributed by atoms with Crippen LogP contribution in [-0.4, -0.2) is 43.3 Å². The minimum Gasteiger partial charge on any atom is -0.480 e. The zero-order valence-corrected chi connectivity index (χ0v) is 13.4. The molecule has 1 aromatic carbocycles. The summed E-state index contributed by atoms with van der Waals surface area (Å²) in [5, 5.41) is 11.1. The summed E-state index contributed by atoms with van der Waals surface area (Å²) in [6.45, 7) is 3.01. The first-order valence-electron chi connectivity index (χ1n) is 6.93. The predicted molar refractivity (Wildman–Crippen MR) is 82.6 cm³/mol. The SMILES string of the molecule is CC(CC(=O)N[C@@H](C)C(=O)O)N=C1NS(=O)(=O)c2ccccc21. The third-order valence-electron chi connectivity index (χ3n) is 3.24. The van der Waals surface area contributed by atoms with E-state index in [1.807, 2.05) is 0 Å². The molecule has 0 aromatic heterocycles. The monoisotopic (exact) mass is 339 g/mol. The van der Waals surface area contributed by atoms with Crippen LogP contribution in [0, 0.1) is 0 Å². The zero-order chi connectivity index (χ0) is 17.2. The van der Waals surface area contributed by atoms with Crippen LogP contribution in [0.5, 0.6) is 0 Å². The van der Waals surface area contributed by atoms with Gasteiger partial charge in [-0.3, -0.25) is 19.3 Å². The lowest BCUT2D eigenvalue weighted by molar-refractivity contribution is -0.141. The van der Waals surface area contributed by atoms with E-state index in [1.54, 1.807) is 25.1 Å². The lowest BCUT2D eigenvalue weighted by Crippen LogP contribution is -2.39. The summed E-state index contributed by atoms with van der Waals surface area (Å²) >= 11 is 0. The number of carbonyl (C=O) groups is 2. The number of nitrogens with one attached hydrogen (secondary N) is 2. The number of aliphatic carboxylic acids is 1. The Morgan fingerprint density at radius 2 is 1.96 bits per heavy atom. The van der Waals surface area contributed by atoms with Crippen LogP contribution in [0.3, 0.4) is 0 Å². The van der Waals surface area contributed by atoms with E-state index in [9.17, 15) is 18.0 Å². The molecule has 8 nitrogen and oxygen atoms in total. The largest absolute Gasteiger partial charge is 0.480 e. The Labute approximate surface area is 133 Å². The number of sulfonamides is 1. The minimum absolute atomic E-state index is 0.0506. The summed E-state index contributed by atoms with van der Waals surface area (Å²) in [7, 11) is -3.62. The zero-order valence-electron chi connectivity index (χ0n) is 12.6. The maximum absolute atomic E-state index is 12.0. The molecule has 2 atom stereocenters. The standard InChI is InChI=1S/C14H17N3O5S/c1-8(7-12(18)16-9(2)14(19)20)15-13-10-5-3-4-6-11(10)23(21,22)17-13/h3-6,8-9H,7H2,1-2H3,(H,15,17)(H,16,18)(H,19,20)/t8?,9-/m0/s1. The number of amidine groups is 1. The van der Waals surface area contributed by atoms with E-state index in [1.165, 1.54) is 13.0 Å². The van der Waals surface area contributed by atoms with Gasteiger partial charge in [0.25, 0.3) is 10.0 Å². The summed E-state index contributed by atoms with van der Waals surface area (Å²) in [6, 6.07) is 4.92. The first-order valence-corrected chi connectivity index (χ1v) is 8.41. The van der Waals surface area contributed by atoms with Crippen LogP contribution in [0.4, 0.5) is 0 Å². The number of carboxylic acids is 1. The highest BCUT2D eigenvalue weighted by Crippen LogP contribution is 2.22. The molecule has 2 rings (SSSR count). The smallest absolute Gasteiger partial charge is 0.325 e. The molecular weight excluding hydrogens is 322 g/mol. The maximum atomic E-state index is 12.0. The summed E-state index contributed by atoms with van der Waals surface area (Å²) in [6.07, 6.45) is -0.0506. The molecule has 1 aliphatic rings. The summed E-state index contributed by atoms with van der Waals surface area (Å²) in [4.78, 5) is 26.8. The molecule has 1 amide bonds. The quantitative estimate of drug-likeness (QED) is 0.701. The molecule has 23 heavy (non-hydrogen) atoms. The fourth-order valence-corrected chi connectivity index (χ4v) is 3.37. The van der Waals surface area contributed by atoms with Gasteiger partial charge in [-0.25, -0.2) is 8.42 Å². The molecule has 1 unspecified atom stereocenters. The Bertz CT molecular complexity index is 772. The van der Waals surface area contributed by atoms with Crippen molar-refractivity contribution in [3.05, 3.63) is 29.8 Å². The molecule has 0 saturated heterocycles. The third-order valence-corrected chi connectivity index (χ3v) is 4.64. The van der Waals surface area contributed by atoms with Crippen LogP contribution in [0.2, 0.25) is 0 Å². The molecule has 0 radical (unpaired) electrons. The van der Waals surface area contributed by atoms with Crippen molar-refractivity contribution in [3.8, 4) is 0 Å². The number of nitrogens with zero attached hydrogens (tertiary/aromatic N) is 1. The number of aliphatic imine (C=N–C) groups is 1. The number of amides is 1. The van der Waals surface area contributed by atoms with Gasteiger partial charge in [0.15, 0.2) is 0 Å². The van der Waals surface area contributed by atoms with Crippen LogP contribution in [0.15, 0.2) is 34.2 Å². The molecule has 1 heterocycles. The lowest BCUT2D eigenvalue weighted by Gasteiger charge is -2.11. The van der Waals surface area contributed by atoms with Crippen molar-refractivity contribution in [2.75, 3.05) is 0 Å². The molecule has 0 spiro atoms. The van der Waals surface area contributed by atoms with Crippen molar-refractivity contribution < 1.29 is 23.1 Å². The molecule has 9 heteroatoms. The second kappa shape index (κ2) is 6.37. The number of hydrogen-bond donors (Lipinski definition) is 3. The van der Waals surface area contributed by atoms with Gasteiger partial charge in [-0.1, -0.05) is 12.1 Å². The molecule has 0 saturated carbocycles. The van der Waals surface area contributed by atoms with Gasteiger partial charge in [0.05, 0.1) is 10.9 Å². The number of rotatable bonds is 5. The summed E-state index contributed by atoms with van der Waals surface area (Å²) < 4.78 is 26.3. The minimum atomic E-state index is -3.62. The van der Waals surface area contributed by atoms with Crippen molar-refractivity contribution in [2.45, 2.75) is 37.2 Å². The highest BCUT2D eigenvalue weighted by Gasteiger charge is 2.30. The van der Waals surface area contributed by atoms with E-state index >= 15 is 0 Å². The Kier molecular flexibility index (Phi) is 4.69. The van der Waals surface area contributed by atoms with Gasteiger partial charge >= 0.3 is 5.97 Å². The number of carbonyl (C=O) groups excluding carboxylic acids is 1. The highest BCUT2D eigenvalue weighted by atomic mass is 32.2. The average Bonchev–Trinajstić information content (AvgIpc) is 2.70. The van der Waals surface area contributed by atoms with Crippen molar-refractivity contribution in [1.29, 1.82) is 0 Å². The van der Waals surface area contributed by atoms with Crippen molar-refractivity contribution in [1.82, 2.24) is 10.0 Å². The molecular formula is C14H17N3O5S. The van der Waals surface area contributed by atoms with Crippen LogP contribution in [-0.2, 0) is 19.6 Å². The summed E-state index contributed by atoms with van der Waals surface area (Å²) in [5.41, 5.74) is 0.457. The van der Waals surface area contributed by atoms with Crippen LogP contribution in [0.25, 0.3) is 0 Å². The van der Waals surface area contributed by atoms with E-state index in [2.05, 4.69) is 15.0 Å². The summed E-state index contributed by atoms with van der Waals surface area (Å²) in [5.74, 6) is -1.41. The molecule has 1 aliphatic heterocycles. The molecule has 0 fully saturated rings. The molecule has 3 N–H and O–H groups in total. The maximum Gasteiger partial charge on any atom is 0.325 e. The van der Waals surface area contributed by atoms with Gasteiger partial charge in [0.1, 0.15) is 11.9 Å². The number of benzene rings is 1. The third kappa shape index (κ3) is 3.86. The topological polar surface area (TPSA) is 125 Å². The Balaban J connectivity index is 2.11. The highest BCUT2D eigenvalue weighted by molar-refractivity contribution is 7.90. The second-order valence-electron chi connectivity index (χ2n) is 5.26. The normalized spacial score (nSPS) is 19.5. The molecule has 1 aromatic rings. The lowest BCUT2D eigenvalue weighted by atomic mass is 10.2. The van der Waals surface area contributed by atoms with Gasteiger partial charge in [-0.05, 0) is 26.0 Å². The number of hydrogen-bond acceptors (Lipinski definition) is 5. The van der Waals surface area contributed by atoms with E-state index in [4.69, 9.17) is 5.11 Å². The van der Waals surface area contributed by atoms with E-state index in [0.29, 0.717) is 5.56 Å². The fourth-order valence-electron chi connectivity index (χ4n) is 2.13. The molecule has 0 aliphatic carbocycles. The van der Waals surface area contributed by atoms with E-state index in [-0.39, 0.29) is 17.2 Å². The van der Waals surface area contributed by atoms with Crippen LogP contribution < -0.4 is 10.0 Å². The van der Waals surface area contributed by atoms with E-state index < -0.39 is 34.0 Å². The molecule has 0 bridgehead atoms. The second-order valence-corrected chi connectivity index (χ2v) is 6.91. The molecule has 124 valence electrons. The Morgan fingerprint density at radius 3 is 2.61 bits per heavy atom. The van der Waals surface area contributed by atoms with Gasteiger partial charge in [-0.2, -0.15) is 0 Å². The van der Waals surface area contributed by atoms with Gasteiger partial charge in [0.2, 0.25) is 5.91 Å². The number of fused-ring (bicyclic) bond motifs is 1. The van der Waals surface area contributed by atoms with Crippen molar-refractivity contribution in [2.24, 2.45) is 4.99 Å². The average molecular weight is 339 g/mol. The first-order chi connectivity index (χ1) is 10.7. The fraction of sp³-hybridized carbons (Fsp3) is 0.357. The first kappa shape index (κ1) is 16.9. The van der Waals surface area contributed by atoms with Gasteiger partial charge in [0, 0.05) is 12.0 Å². The van der Waals surface area contributed by atoms with Crippen LogP contribution >= 0.6 is 0 Å². The van der Waals surface area contributed by atoms with Gasteiger partial charge < -0.3 is 10.4 Å². The Hall–Kier alpha value is -2.42. The predicted octanol–water partition coefficient (Wildman–Crippen LogP) is 0.0930. The van der Waals surface area contributed by atoms with Gasteiger partial charge in [-0.15, -0.1) is 0 Å². The number of carboxylic acid groups (broad SMARTS) is 1. The van der Waals surface area contributed by atoms with Crippen LogP contribution in [0.1, 0.15) is 25.8 Å². The van der Waals surface area contributed by atoms with Crippen molar-refractivity contribution >= 4 is 27.7 Å². The van der Waals surface area contributed by atoms with Crippen molar-refractivity contribution in [3.63, 3.8) is 0 Å².